The van der Waals surface area contributed by atoms with Crippen molar-refractivity contribution in [3.05, 3.63) is 58.1 Å². The molecule has 0 fully saturated rings. The van der Waals surface area contributed by atoms with E-state index in [1.165, 1.54) is 0 Å². The van der Waals surface area contributed by atoms with Gasteiger partial charge in [-0.3, -0.25) is 4.90 Å². The maximum absolute atomic E-state index is 6.00. The van der Waals surface area contributed by atoms with Crippen LogP contribution < -0.4 is 0 Å². The molecule has 0 bridgehead atoms. The highest BCUT2D eigenvalue weighted by atomic mass is 35.5. The van der Waals surface area contributed by atoms with E-state index in [-0.39, 0.29) is 0 Å². The second-order valence-electron chi connectivity index (χ2n) is 4.94. The minimum atomic E-state index is 0.310. The third-order valence-corrected chi connectivity index (χ3v) is 3.58. The van der Waals surface area contributed by atoms with E-state index in [1.807, 2.05) is 31.3 Å². The van der Waals surface area contributed by atoms with Gasteiger partial charge in [0, 0.05) is 11.6 Å². The summed E-state index contributed by atoms with van der Waals surface area (Å²) >= 11 is 11.2. The lowest BCUT2D eigenvalue weighted by Crippen LogP contribution is -2.22. The van der Waals surface area contributed by atoms with Crippen molar-refractivity contribution in [1.29, 1.82) is 0 Å². The van der Waals surface area contributed by atoms with Gasteiger partial charge in [0.25, 0.3) is 10.7 Å². The third-order valence-electron chi connectivity index (χ3n) is 3.06. The minimum absolute atomic E-state index is 0.310. The van der Waals surface area contributed by atoms with Gasteiger partial charge >= 0.3 is 0 Å². The molecule has 1 aromatic carbocycles. The Bertz CT molecular complexity index is 810. The highest BCUT2D eigenvalue weighted by Crippen LogP contribution is 2.18. The Balaban J connectivity index is 1.72. The summed E-state index contributed by atoms with van der Waals surface area (Å²) in [6.07, 6.45) is 1.57. The van der Waals surface area contributed by atoms with Gasteiger partial charge in [0.2, 0.25) is 0 Å². The fourth-order valence-electron chi connectivity index (χ4n) is 2.12. The molecular formula is C15H14ClN3O2S. The van der Waals surface area contributed by atoms with Crippen molar-refractivity contribution in [3.63, 3.8) is 0 Å². The molecule has 0 radical (unpaired) electrons. The van der Waals surface area contributed by atoms with E-state index in [4.69, 9.17) is 32.7 Å². The summed E-state index contributed by atoms with van der Waals surface area (Å²) in [7, 11) is 1.98. The molecule has 0 aliphatic heterocycles. The fraction of sp³-hybridized carbons (Fsp3) is 0.200. The Kier molecular flexibility index (Phi) is 4.42. The van der Waals surface area contributed by atoms with Crippen molar-refractivity contribution < 1.29 is 8.83 Å². The van der Waals surface area contributed by atoms with Crippen molar-refractivity contribution >= 4 is 23.8 Å². The SMILES string of the molecule is CN(Cc1cccc(Cl)c1)Cn1nc(-c2ccco2)oc1=S. The van der Waals surface area contributed by atoms with Crippen LogP contribution in [0.5, 0.6) is 0 Å². The molecule has 0 aliphatic rings. The van der Waals surface area contributed by atoms with Crippen molar-refractivity contribution in [2.75, 3.05) is 7.05 Å². The number of hydrogen-bond donors (Lipinski definition) is 0. The number of hydrogen-bond acceptors (Lipinski definition) is 5. The Morgan fingerprint density at radius 1 is 1.32 bits per heavy atom. The van der Waals surface area contributed by atoms with Crippen LogP contribution in [0.1, 0.15) is 5.56 Å². The van der Waals surface area contributed by atoms with E-state index in [0.29, 0.717) is 23.2 Å². The van der Waals surface area contributed by atoms with Crippen molar-refractivity contribution in [2.45, 2.75) is 13.2 Å². The van der Waals surface area contributed by atoms with Crippen molar-refractivity contribution in [1.82, 2.24) is 14.7 Å². The number of aromatic nitrogens is 2. The first-order valence-corrected chi connectivity index (χ1v) is 7.45. The lowest BCUT2D eigenvalue weighted by atomic mass is 10.2. The molecule has 3 rings (SSSR count). The van der Waals surface area contributed by atoms with Crippen LogP contribution in [-0.4, -0.2) is 21.7 Å². The van der Waals surface area contributed by atoms with Gasteiger partial charge in [0.15, 0.2) is 5.76 Å². The highest BCUT2D eigenvalue weighted by molar-refractivity contribution is 7.71. The van der Waals surface area contributed by atoms with E-state index in [0.717, 1.165) is 17.1 Å². The van der Waals surface area contributed by atoms with Gasteiger partial charge in [-0.1, -0.05) is 23.7 Å². The number of furan rings is 1. The zero-order valence-corrected chi connectivity index (χ0v) is 13.5. The molecule has 0 aliphatic carbocycles. The van der Waals surface area contributed by atoms with Crippen LogP contribution in [0.2, 0.25) is 5.02 Å². The number of halogens is 1. The van der Waals surface area contributed by atoms with E-state index in [2.05, 4.69) is 10.00 Å². The third kappa shape index (κ3) is 3.47. The van der Waals surface area contributed by atoms with Gasteiger partial charge in [0.1, 0.15) is 0 Å². The molecule has 0 saturated heterocycles. The fourth-order valence-corrected chi connectivity index (χ4v) is 2.51. The minimum Gasteiger partial charge on any atom is -0.459 e. The normalized spacial score (nSPS) is 11.2. The topological polar surface area (TPSA) is 47.3 Å². The average molecular weight is 336 g/mol. The monoisotopic (exact) mass is 335 g/mol. The van der Waals surface area contributed by atoms with E-state index >= 15 is 0 Å². The number of nitrogens with zero attached hydrogens (tertiary/aromatic N) is 3. The van der Waals surface area contributed by atoms with E-state index in [1.54, 1.807) is 23.1 Å². The molecule has 22 heavy (non-hydrogen) atoms. The van der Waals surface area contributed by atoms with Gasteiger partial charge in [-0.15, -0.1) is 5.10 Å². The van der Waals surface area contributed by atoms with E-state index < -0.39 is 0 Å². The van der Waals surface area contributed by atoms with Crippen LogP contribution >= 0.6 is 23.8 Å². The summed E-state index contributed by atoms with van der Waals surface area (Å²) in [5.74, 6) is 0.938. The standard InChI is InChI=1S/C15H14ClN3O2S/c1-18(9-11-4-2-5-12(16)8-11)10-19-15(22)21-14(17-19)13-6-3-7-20-13/h2-8H,9-10H2,1H3. The molecule has 0 saturated carbocycles. The Labute approximate surface area is 137 Å². The van der Waals surface area contributed by atoms with Crippen LogP contribution in [-0.2, 0) is 13.2 Å². The van der Waals surface area contributed by atoms with Crippen molar-refractivity contribution in [3.8, 4) is 11.7 Å². The predicted octanol–water partition coefficient (Wildman–Crippen LogP) is 4.21. The highest BCUT2D eigenvalue weighted by Gasteiger charge is 2.12. The molecule has 0 N–H and O–H groups in total. The number of rotatable bonds is 5. The molecule has 0 atom stereocenters. The molecule has 114 valence electrons. The van der Waals surface area contributed by atoms with Gasteiger partial charge in [-0.05, 0) is 49.1 Å². The van der Waals surface area contributed by atoms with Crippen LogP contribution in [0.15, 0.2) is 51.5 Å². The van der Waals surface area contributed by atoms with Gasteiger partial charge < -0.3 is 8.83 Å². The van der Waals surface area contributed by atoms with Crippen LogP contribution in [0.25, 0.3) is 11.7 Å². The largest absolute Gasteiger partial charge is 0.459 e. The quantitative estimate of drug-likeness (QED) is 0.654. The summed E-state index contributed by atoms with van der Waals surface area (Å²) in [6.45, 7) is 1.24. The predicted molar refractivity (Wildman–Crippen MR) is 85.9 cm³/mol. The van der Waals surface area contributed by atoms with Gasteiger partial charge in [-0.25, -0.2) is 4.68 Å². The molecule has 5 nitrogen and oxygen atoms in total. The molecule has 7 heteroatoms. The smallest absolute Gasteiger partial charge is 0.288 e. The summed E-state index contributed by atoms with van der Waals surface area (Å²) < 4.78 is 12.3. The molecule has 3 aromatic rings. The first kappa shape index (κ1) is 15.0. The maximum atomic E-state index is 6.00. The molecule has 2 aromatic heterocycles. The maximum Gasteiger partial charge on any atom is 0.288 e. The zero-order chi connectivity index (χ0) is 15.5. The molecule has 2 heterocycles. The van der Waals surface area contributed by atoms with Crippen LogP contribution in [0.3, 0.4) is 0 Å². The first-order valence-electron chi connectivity index (χ1n) is 6.66. The Hall–Kier alpha value is -1.89. The molecular weight excluding hydrogens is 322 g/mol. The zero-order valence-electron chi connectivity index (χ0n) is 11.9. The van der Waals surface area contributed by atoms with E-state index in [9.17, 15) is 0 Å². The van der Waals surface area contributed by atoms with Gasteiger partial charge in [-0.2, -0.15) is 0 Å². The van der Waals surface area contributed by atoms with Crippen LogP contribution in [0, 0.1) is 4.84 Å². The number of benzene rings is 1. The Morgan fingerprint density at radius 3 is 2.91 bits per heavy atom. The summed E-state index contributed by atoms with van der Waals surface area (Å²) in [4.78, 5) is 2.37. The lowest BCUT2D eigenvalue weighted by Gasteiger charge is -2.16. The first-order chi connectivity index (χ1) is 10.6. The Morgan fingerprint density at radius 2 is 2.18 bits per heavy atom. The molecule has 0 amide bonds. The van der Waals surface area contributed by atoms with Gasteiger partial charge in [0.05, 0.1) is 12.9 Å². The second kappa shape index (κ2) is 6.48. The average Bonchev–Trinajstić information content (AvgIpc) is 3.09. The lowest BCUT2D eigenvalue weighted by molar-refractivity contribution is 0.240. The van der Waals surface area contributed by atoms with Crippen molar-refractivity contribution in [2.24, 2.45) is 0 Å². The van der Waals surface area contributed by atoms with Crippen LogP contribution in [0.4, 0.5) is 0 Å². The summed E-state index contributed by atoms with van der Waals surface area (Å²) in [6, 6.07) is 11.3. The summed E-state index contributed by atoms with van der Waals surface area (Å²) in [5.41, 5.74) is 1.12. The molecule has 0 spiro atoms. The summed E-state index contributed by atoms with van der Waals surface area (Å²) in [5, 5.41) is 5.06. The second-order valence-corrected chi connectivity index (χ2v) is 5.72. The molecule has 0 unspecified atom stereocenters.